The highest BCUT2D eigenvalue weighted by atomic mass is 16.2. The highest BCUT2D eigenvalue weighted by Crippen LogP contribution is 2.32. The number of likely N-dealkylation sites (N-methyl/N-ethyl adjacent to an activating group) is 1. The second-order valence-electron chi connectivity index (χ2n) is 4.55. The molecule has 3 unspecified atom stereocenters. The van der Waals surface area contributed by atoms with E-state index in [1.54, 1.807) is 0 Å². The van der Waals surface area contributed by atoms with Gasteiger partial charge in [-0.1, -0.05) is 13.3 Å². The number of amides is 1. The Kier molecular flexibility index (Phi) is 3.93. The van der Waals surface area contributed by atoms with Crippen LogP contribution in [0.4, 0.5) is 0 Å². The number of carbonyl (C=O) groups excluding carboxylic acids is 1. The molecular formula is C11H22N2O. The highest BCUT2D eigenvalue weighted by Gasteiger charge is 2.32. The maximum atomic E-state index is 12.0. The Morgan fingerprint density at radius 2 is 2.21 bits per heavy atom. The summed E-state index contributed by atoms with van der Waals surface area (Å²) in [5, 5.41) is 0. The first-order valence-electron chi connectivity index (χ1n) is 5.54. The summed E-state index contributed by atoms with van der Waals surface area (Å²) >= 11 is 0. The topological polar surface area (TPSA) is 46.3 Å². The molecule has 1 aliphatic carbocycles. The van der Waals surface area contributed by atoms with Gasteiger partial charge in [-0.05, 0) is 25.7 Å². The first kappa shape index (κ1) is 11.5. The van der Waals surface area contributed by atoms with Crippen LogP contribution in [0.5, 0.6) is 0 Å². The lowest BCUT2D eigenvalue weighted by Crippen LogP contribution is -2.43. The van der Waals surface area contributed by atoms with Crippen molar-refractivity contribution in [2.24, 2.45) is 17.6 Å². The third-order valence-electron chi connectivity index (χ3n) is 3.53. The minimum Gasteiger partial charge on any atom is -0.342 e. The largest absolute Gasteiger partial charge is 0.342 e. The van der Waals surface area contributed by atoms with Crippen molar-refractivity contribution in [1.82, 2.24) is 4.90 Å². The second kappa shape index (κ2) is 4.78. The average Bonchev–Trinajstić information content (AvgIpc) is 2.61. The van der Waals surface area contributed by atoms with E-state index in [-0.39, 0.29) is 17.9 Å². The van der Waals surface area contributed by atoms with Gasteiger partial charge in [-0.3, -0.25) is 4.79 Å². The lowest BCUT2D eigenvalue weighted by atomic mass is 9.96. The van der Waals surface area contributed by atoms with Gasteiger partial charge >= 0.3 is 0 Å². The number of rotatable bonds is 3. The van der Waals surface area contributed by atoms with Crippen LogP contribution in [-0.2, 0) is 4.79 Å². The fraction of sp³-hybridized carbons (Fsp3) is 0.909. The van der Waals surface area contributed by atoms with Crippen molar-refractivity contribution < 1.29 is 4.79 Å². The van der Waals surface area contributed by atoms with Crippen LogP contribution in [0, 0.1) is 11.8 Å². The number of hydrogen-bond acceptors (Lipinski definition) is 2. The van der Waals surface area contributed by atoms with Crippen LogP contribution in [0.25, 0.3) is 0 Å². The summed E-state index contributed by atoms with van der Waals surface area (Å²) in [4.78, 5) is 13.8. The molecule has 0 radical (unpaired) electrons. The molecule has 0 heterocycles. The Hall–Kier alpha value is -0.570. The van der Waals surface area contributed by atoms with Crippen molar-refractivity contribution in [3.05, 3.63) is 0 Å². The van der Waals surface area contributed by atoms with Crippen LogP contribution in [0.2, 0.25) is 0 Å². The molecule has 0 spiro atoms. The maximum absolute atomic E-state index is 12.0. The Bertz CT molecular complexity index is 205. The molecule has 3 heteroatoms. The SMILES string of the molecule is CC1CCCC1C(=O)N(C)C(C)CN. The zero-order valence-electron chi connectivity index (χ0n) is 9.49. The van der Waals surface area contributed by atoms with Crippen molar-refractivity contribution in [3.63, 3.8) is 0 Å². The molecule has 3 atom stereocenters. The van der Waals surface area contributed by atoms with Crippen LogP contribution in [0.1, 0.15) is 33.1 Å². The molecule has 1 aliphatic rings. The Labute approximate surface area is 86.6 Å². The zero-order chi connectivity index (χ0) is 10.7. The van der Waals surface area contributed by atoms with Crippen LogP contribution in [0.3, 0.4) is 0 Å². The molecule has 1 saturated carbocycles. The molecule has 1 amide bonds. The van der Waals surface area contributed by atoms with Crippen molar-refractivity contribution in [2.75, 3.05) is 13.6 Å². The summed E-state index contributed by atoms with van der Waals surface area (Å²) < 4.78 is 0. The van der Waals surface area contributed by atoms with Crippen LogP contribution in [-0.4, -0.2) is 30.4 Å². The van der Waals surface area contributed by atoms with E-state index in [1.807, 2.05) is 18.9 Å². The van der Waals surface area contributed by atoms with Gasteiger partial charge < -0.3 is 10.6 Å². The van der Waals surface area contributed by atoms with Crippen molar-refractivity contribution in [1.29, 1.82) is 0 Å². The van der Waals surface area contributed by atoms with Gasteiger partial charge in [-0.2, -0.15) is 0 Å². The van der Waals surface area contributed by atoms with Gasteiger partial charge in [0.05, 0.1) is 0 Å². The van der Waals surface area contributed by atoms with Gasteiger partial charge in [-0.15, -0.1) is 0 Å². The summed E-state index contributed by atoms with van der Waals surface area (Å²) in [6.07, 6.45) is 3.45. The van der Waals surface area contributed by atoms with E-state index in [2.05, 4.69) is 6.92 Å². The van der Waals surface area contributed by atoms with Crippen LogP contribution < -0.4 is 5.73 Å². The van der Waals surface area contributed by atoms with Gasteiger partial charge in [0.2, 0.25) is 5.91 Å². The smallest absolute Gasteiger partial charge is 0.225 e. The van der Waals surface area contributed by atoms with Gasteiger partial charge in [0.15, 0.2) is 0 Å². The standard InChI is InChI=1S/C11H22N2O/c1-8-5-4-6-10(8)11(14)13(3)9(2)7-12/h8-10H,4-7,12H2,1-3H3. The molecule has 14 heavy (non-hydrogen) atoms. The Morgan fingerprint density at radius 3 is 2.64 bits per heavy atom. The summed E-state index contributed by atoms with van der Waals surface area (Å²) in [7, 11) is 1.87. The Balaban J connectivity index is 2.55. The van der Waals surface area contributed by atoms with Crippen LogP contribution >= 0.6 is 0 Å². The van der Waals surface area contributed by atoms with E-state index < -0.39 is 0 Å². The molecule has 0 saturated heterocycles. The first-order chi connectivity index (χ1) is 6.57. The minimum atomic E-state index is 0.162. The van der Waals surface area contributed by atoms with Crippen molar-refractivity contribution in [3.8, 4) is 0 Å². The highest BCUT2D eigenvalue weighted by molar-refractivity contribution is 5.79. The fourth-order valence-corrected chi connectivity index (χ4v) is 2.15. The van der Waals surface area contributed by atoms with E-state index in [0.717, 1.165) is 6.42 Å². The number of hydrogen-bond donors (Lipinski definition) is 1. The summed E-state index contributed by atoms with van der Waals surface area (Å²) in [6.45, 7) is 4.72. The zero-order valence-corrected chi connectivity index (χ0v) is 9.49. The van der Waals surface area contributed by atoms with Gasteiger partial charge in [0.1, 0.15) is 0 Å². The molecular weight excluding hydrogens is 176 g/mol. The molecule has 0 aromatic heterocycles. The molecule has 0 aromatic rings. The van der Waals surface area contributed by atoms with E-state index >= 15 is 0 Å². The van der Waals surface area contributed by atoms with E-state index in [0.29, 0.717) is 12.5 Å². The lowest BCUT2D eigenvalue weighted by molar-refractivity contribution is -0.136. The molecule has 3 nitrogen and oxygen atoms in total. The normalized spacial score (nSPS) is 28.9. The van der Waals surface area contributed by atoms with Crippen molar-refractivity contribution >= 4 is 5.91 Å². The number of nitrogens with two attached hydrogens (primary N) is 1. The van der Waals surface area contributed by atoms with Crippen molar-refractivity contribution in [2.45, 2.75) is 39.2 Å². The molecule has 0 aromatic carbocycles. The maximum Gasteiger partial charge on any atom is 0.225 e. The molecule has 1 fully saturated rings. The first-order valence-corrected chi connectivity index (χ1v) is 5.54. The van der Waals surface area contributed by atoms with Gasteiger partial charge in [-0.25, -0.2) is 0 Å². The van der Waals surface area contributed by atoms with Gasteiger partial charge in [0.25, 0.3) is 0 Å². The molecule has 0 bridgehead atoms. The van der Waals surface area contributed by atoms with E-state index in [9.17, 15) is 4.79 Å². The molecule has 1 rings (SSSR count). The number of nitrogens with zero attached hydrogens (tertiary/aromatic N) is 1. The van der Waals surface area contributed by atoms with E-state index in [4.69, 9.17) is 5.73 Å². The molecule has 0 aliphatic heterocycles. The third-order valence-corrected chi connectivity index (χ3v) is 3.53. The summed E-state index contributed by atoms with van der Waals surface area (Å²) in [5.41, 5.74) is 5.55. The predicted molar refractivity (Wildman–Crippen MR) is 57.8 cm³/mol. The number of carbonyl (C=O) groups is 1. The Morgan fingerprint density at radius 1 is 1.57 bits per heavy atom. The van der Waals surface area contributed by atoms with Gasteiger partial charge in [0, 0.05) is 25.6 Å². The third kappa shape index (κ3) is 2.27. The van der Waals surface area contributed by atoms with E-state index in [1.165, 1.54) is 12.8 Å². The predicted octanol–water partition coefficient (Wildman–Crippen LogP) is 1.23. The second-order valence-corrected chi connectivity index (χ2v) is 4.55. The monoisotopic (exact) mass is 198 g/mol. The summed E-state index contributed by atoms with van der Waals surface area (Å²) in [5.74, 6) is 1.08. The van der Waals surface area contributed by atoms with Crippen LogP contribution in [0.15, 0.2) is 0 Å². The fourth-order valence-electron chi connectivity index (χ4n) is 2.15. The average molecular weight is 198 g/mol. The lowest BCUT2D eigenvalue weighted by Gasteiger charge is -2.28. The minimum absolute atomic E-state index is 0.162. The summed E-state index contributed by atoms with van der Waals surface area (Å²) in [6, 6.07) is 0.162. The molecule has 2 N–H and O–H groups in total. The molecule has 82 valence electrons. The quantitative estimate of drug-likeness (QED) is 0.741.